The maximum absolute atomic E-state index is 9.31. The standard InChI is InChI=1S/C16H16ClN3/c1-10(2)7-13-8-14(15(9-18)16(19)20-13)11-3-5-12(17)6-4-11/h3-6,8,10H,7H2,1-2H3,(H2,19,20)/p+1. The third-order valence-corrected chi connectivity index (χ3v) is 3.30. The van der Waals surface area contributed by atoms with Crippen molar-refractivity contribution in [3.05, 3.63) is 46.6 Å². The molecule has 2 rings (SSSR count). The van der Waals surface area contributed by atoms with Crippen LogP contribution in [0.5, 0.6) is 0 Å². The van der Waals surface area contributed by atoms with Crippen LogP contribution in [-0.2, 0) is 6.42 Å². The molecule has 0 aliphatic heterocycles. The lowest BCUT2D eigenvalue weighted by molar-refractivity contribution is -0.373. The van der Waals surface area contributed by atoms with Gasteiger partial charge >= 0.3 is 0 Å². The van der Waals surface area contributed by atoms with Gasteiger partial charge in [0.15, 0.2) is 0 Å². The van der Waals surface area contributed by atoms with Crippen molar-refractivity contribution < 1.29 is 4.98 Å². The summed E-state index contributed by atoms with van der Waals surface area (Å²) in [5.41, 5.74) is 9.26. The van der Waals surface area contributed by atoms with Gasteiger partial charge in [0.1, 0.15) is 17.3 Å². The number of H-pyrrole nitrogens is 1. The van der Waals surface area contributed by atoms with E-state index in [4.69, 9.17) is 17.3 Å². The summed E-state index contributed by atoms with van der Waals surface area (Å²) in [4.78, 5) is 3.11. The fourth-order valence-electron chi connectivity index (χ4n) is 2.19. The topological polar surface area (TPSA) is 64.0 Å². The Kier molecular flexibility index (Phi) is 4.26. The van der Waals surface area contributed by atoms with Crippen LogP contribution >= 0.6 is 11.6 Å². The number of aromatic amines is 1. The lowest BCUT2D eigenvalue weighted by Crippen LogP contribution is -2.20. The highest BCUT2D eigenvalue weighted by atomic mass is 35.5. The van der Waals surface area contributed by atoms with Gasteiger partial charge in [-0.15, -0.1) is 0 Å². The Hall–Kier alpha value is -2.05. The number of anilines is 1. The van der Waals surface area contributed by atoms with Gasteiger partial charge in [-0.25, -0.2) is 4.98 Å². The molecule has 0 aliphatic carbocycles. The summed E-state index contributed by atoms with van der Waals surface area (Å²) in [6, 6.07) is 11.6. The van der Waals surface area contributed by atoms with Crippen molar-refractivity contribution in [2.24, 2.45) is 5.92 Å². The second-order valence-corrected chi connectivity index (χ2v) is 5.65. The molecule has 3 nitrogen and oxygen atoms in total. The van der Waals surface area contributed by atoms with Gasteiger partial charge in [-0.3, -0.25) is 5.73 Å². The SMILES string of the molecule is CC(C)Cc1cc(-c2ccc(Cl)cc2)c(C#N)c(N)[nH+]1. The molecule has 3 N–H and O–H groups in total. The van der Waals surface area contributed by atoms with Crippen LogP contribution in [0.1, 0.15) is 25.1 Å². The van der Waals surface area contributed by atoms with Gasteiger partial charge in [-0.1, -0.05) is 37.6 Å². The van der Waals surface area contributed by atoms with Crippen molar-refractivity contribution in [3.8, 4) is 17.2 Å². The second kappa shape index (κ2) is 5.94. The molecule has 0 saturated heterocycles. The zero-order valence-corrected chi connectivity index (χ0v) is 12.3. The fraction of sp³-hybridized carbons (Fsp3) is 0.250. The van der Waals surface area contributed by atoms with Crippen LogP contribution < -0.4 is 10.7 Å². The summed E-state index contributed by atoms with van der Waals surface area (Å²) in [5.74, 6) is 0.923. The zero-order chi connectivity index (χ0) is 14.7. The first-order valence-corrected chi connectivity index (χ1v) is 6.89. The third kappa shape index (κ3) is 3.09. The Morgan fingerprint density at radius 3 is 2.50 bits per heavy atom. The van der Waals surface area contributed by atoms with Gasteiger partial charge in [-0.05, 0) is 29.7 Å². The highest BCUT2D eigenvalue weighted by Gasteiger charge is 2.16. The number of aromatic nitrogens is 1. The minimum Gasteiger partial charge on any atom is -0.286 e. The molecule has 0 bridgehead atoms. The molecule has 0 unspecified atom stereocenters. The molecular weight excluding hydrogens is 270 g/mol. The summed E-state index contributed by atoms with van der Waals surface area (Å²) < 4.78 is 0. The van der Waals surface area contributed by atoms with Gasteiger partial charge < -0.3 is 0 Å². The van der Waals surface area contributed by atoms with Gasteiger partial charge in [-0.2, -0.15) is 5.26 Å². The van der Waals surface area contributed by atoms with Crippen molar-refractivity contribution in [3.63, 3.8) is 0 Å². The minimum atomic E-state index is 0.413. The van der Waals surface area contributed by atoms with Crippen molar-refractivity contribution in [2.45, 2.75) is 20.3 Å². The molecule has 0 spiro atoms. The number of nitrogens with two attached hydrogens (primary N) is 1. The Bertz CT molecular complexity index is 655. The lowest BCUT2D eigenvalue weighted by Gasteiger charge is -2.08. The molecule has 2 aromatic rings. The quantitative estimate of drug-likeness (QED) is 0.939. The molecule has 102 valence electrons. The molecule has 0 radical (unpaired) electrons. The molecule has 1 aromatic carbocycles. The highest BCUT2D eigenvalue weighted by molar-refractivity contribution is 6.30. The number of hydrogen-bond acceptors (Lipinski definition) is 2. The smallest absolute Gasteiger partial charge is 0.286 e. The van der Waals surface area contributed by atoms with Crippen LogP contribution in [0, 0.1) is 17.2 Å². The lowest BCUT2D eigenvalue weighted by atomic mass is 9.98. The van der Waals surface area contributed by atoms with E-state index < -0.39 is 0 Å². The van der Waals surface area contributed by atoms with E-state index in [-0.39, 0.29) is 0 Å². The van der Waals surface area contributed by atoms with Gasteiger partial charge in [0.2, 0.25) is 0 Å². The van der Waals surface area contributed by atoms with Crippen LogP contribution in [0.25, 0.3) is 11.1 Å². The molecule has 0 fully saturated rings. The Balaban J connectivity index is 2.57. The van der Waals surface area contributed by atoms with E-state index in [1.54, 1.807) is 0 Å². The van der Waals surface area contributed by atoms with Crippen LogP contribution in [0.4, 0.5) is 5.82 Å². The first-order valence-electron chi connectivity index (χ1n) is 6.52. The predicted octanol–water partition coefficient (Wildman–Crippen LogP) is 3.47. The normalized spacial score (nSPS) is 10.6. The van der Waals surface area contributed by atoms with Gasteiger partial charge in [0.05, 0.1) is 0 Å². The number of nitrogens with zero attached hydrogens (tertiary/aromatic N) is 1. The monoisotopic (exact) mass is 286 g/mol. The van der Waals surface area contributed by atoms with Crippen LogP contribution in [0.3, 0.4) is 0 Å². The highest BCUT2D eigenvalue weighted by Crippen LogP contribution is 2.27. The van der Waals surface area contributed by atoms with Crippen LogP contribution in [-0.4, -0.2) is 0 Å². The van der Waals surface area contributed by atoms with Crippen LogP contribution in [0.2, 0.25) is 5.02 Å². The molecule has 1 aromatic heterocycles. The van der Waals surface area contributed by atoms with Gasteiger partial charge in [0, 0.05) is 17.0 Å². The van der Waals surface area contributed by atoms with E-state index in [2.05, 4.69) is 24.9 Å². The fourth-order valence-corrected chi connectivity index (χ4v) is 2.32. The van der Waals surface area contributed by atoms with Gasteiger partial charge in [0.25, 0.3) is 5.82 Å². The van der Waals surface area contributed by atoms with Crippen molar-refractivity contribution in [1.82, 2.24) is 0 Å². The Morgan fingerprint density at radius 1 is 1.30 bits per heavy atom. The van der Waals surface area contributed by atoms with Crippen LogP contribution in [0.15, 0.2) is 30.3 Å². The average Bonchev–Trinajstić information content (AvgIpc) is 2.38. The summed E-state index contributed by atoms with van der Waals surface area (Å²) in [7, 11) is 0. The van der Waals surface area contributed by atoms with E-state index in [0.717, 1.165) is 23.2 Å². The molecule has 0 amide bonds. The number of hydrogen-bond donors (Lipinski definition) is 1. The van der Waals surface area contributed by atoms with E-state index >= 15 is 0 Å². The number of rotatable bonds is 3. The molecule has 4 heteroatoms. The molecule has 0 atom stereocenters. The first kappa shape index (κ1) is 14.4. The molecule has 0 aliphatic rings. The number of nitrogens with one attached hydrogen (secondary N) is 1. The minimum absolute atomic E-state index is 0.413. The zero-order valence-electron chi connectivity index (χ0n) is 11.6. The van der Waals surface area contributed by atoms with Crippen molar-refractivity contribution in [2.75, 3.05) is 5.73 Å². The van der Waals surface area contributed by atoms with E-state index in [1.807, 2.05) is 30.3 Å². The summed E-state index contributed by atoms with van der Waals surface area (Å²) in [5, 5.41) is 9.98. The molecular formula is C16H17ClN3+. The number of benzene rings is 1. The van der Waals surface area contributed by atoms with E-state index in [1.165, 1.54) is 0 Å². The summed E-state index contributed by atoms with van der Waals surface area (Å²) in [6.07, 6.45) is 0.885. The second-order valence-electron chi connectivity index (χ2n) is 5.21. The van der Waals surface area contributed by atoms with Crippen molar-refractivity contribution >= 4 is 17.4 Å². The number of halogens is 1. The maximum Gasteiger partial charge on any atom is 0.289 e. The maximum atomic E-state index is 9.31. The van der Waals surface area contributed by atoms with E-state index in [9.17, 15) is 5.26 Å². The number of nitrogen functional groups attached to an aromatic ring is 1. The molecule has 0 saturated carbocycles. The summed E-state index contributed by atoms with van der Waals surface area (Å²) >= 11 is 5.91. The third-order valence-electron chi connectivity index (χ3n) is 3.05. The predicted molar refractivity (Wildman–Crippen MR) is 81.1 cm³/mol. The summed E-state index contributed by atoms with van der Waals surface area (Å²) in [6.45, 7) is 4.29. The number of pyridine rings is 1. The average molecular weight is 287 g/mol. The largest absolute Gasteiger partial charge is 0.289 e. The van der Waals surface area contributed by atoms with Crippen molar-refractivity contribution in [1.29, 1.82) is 5.26 Å². The molecule has 20 heavy (non-hydrogen) atoms. The number of nitriles is 1. The first-order chi connectivity index (χ1) is 9.51. The Labute approximate surface area is 124 Å². The molecule has 1 heterocycles. The van der Waals surface area contributed by atoms with E-state index in [0.29, 0.717) is 22.3 Å². The Morgan fingerprint density at radius 2 is 1.95 bits per heavy atom.